The maximum absolute atomic E-state index is 13.4. The fourth-order valence-corrected chi connectivity index (χ4v) is 1.92. The monoisotopic (exact) mass is 283 g/mol. The molecule has 0 aliphatic heterocycles. The van der Waals surface area contributed by atoms with Gasteiger partial charge in [-0.1, -0.05) is 6.07 Å². The largest absolute Gasteiger partial charge is 0.368 e. The van der Waals surface area contributed by atoms with Crippen LogP contribution in [-0.2, 0) is 4.79 Å². The summed E-state index contributed by atoms with van der Waals surface area (Å²) in [5.74, 6) is -0.772. The molecule has 0 aliphatic rings. The number of anilines is 1. The summed E-state index contributed by atoms with van der Waals surface area (Å²) in [7, 11) is 0. The molecule has 0 spiro atoms. The first-order valence-corrected chi connectivity index (χ1v) is 6.34. The Balaban J connectivity index is 2.81. The van der Waals surface area contributed by atoms with E-state index in [-0.39, 0.29) is 18.4 Å². The summed E-state index contributed by atoms with van der Waals surface area (Å²) in [6, 6.07) is 4.77. The first-order valence-electron chi connectivity index (χ1n) is 5.93. The fraction of sp³-hybridized carbons (Fsp3) is 0.385. The summed E-state index contributed by atoms with van der Waals surface area (Å²) in [5, 5.41) is 3.25. The van der Waals surface area contributed by atoms with E-state index >= 15 is 0 Å². The van der Waals surface area contributed by atoms with E-state index in [0.717, 1.165) is 0 Å². The van der Waals surface area contributed by atoms with Crippen molar-refractivity contribution < 1.29 is 9.18 Å². The van der Waals surface area contributed by atoms with Crippen molar-refractivity contribution in [1.82, 2.24) is 4.90 Å². The highest BCUT2D eigenvalue weighted by molar-refractivity contribution is 7.80. The van der Waals surface area contributed by atoms with E-state index in [1.54, 1.807) is 24.0 Å². The van der Waals surface area contributed by atoms with Gasteiger partial charge in [-0.3, -0.25) is 4.79 Å². The molecule has 1 aromatic carbocycles. The van der Waals surface area contributed by atoms with Crippen molar-refractivity contribution in [1.29, 1.82) is 0 Å². The minimum atomic E-state index is -0.465. The molecule has 0 aromatic heterocycles. The van der Waals surface area contributed by atoms with Crippen LogP contribution in [-0.4, -0.2) is 28.5 Å². The third kappa shape index (κ3) is 4.48. The highest BCUT2D eigenvalue weighted by atomic mass is 32.1. The summed E-state index contributed by atoms with van der Waals surface area (Å²) in [6.07, 6.45) is 0. The van der Waals surface area contributed by atoms with E-state index in [0.29, 0.717) is 16.4 Å². The zero-order valence-corrected chi connectivity index (χ0v) is 12.1. The van der Waals surface area contributed by atoms with Crippen LogP contribution < -0.4 is 11.1 Å². The number of hydrogen-bond donors (Lipinski definition) is 2. The highest BCUT2D eigenvalue weighted by Gasteiger charge is 2.16. The number of thiocarbonyl (C=S) groups is 1. The van der Waals surface area contributed by atoms with Crippen LogP contribution in [0, 0.1) is 12.7 Å². The van der Waals surface area contributed by atoms with E-state index in [9.17, 15) is 9.18 Å². The van der Waals surface area contributed by atoms with Crippen molar-refractivity contribution in [2.75, 3.05) is 11.9 Å². The molecule has 104 valence electrons. The summed E-state index contributed by atoms with van der Waals surface area (Å²) in [4.78, 5) is 12.7. The fourth-order valence-electron chi connectivity index (χ4n) is 1.52. The van der Waals surface area contributed by atoms with Gasteiger partial charge in [0.1, 0.15) is 5.82 Å². The standard InChI is InChI=1S/C13H18FN3OS/c1-8(2)17(7-12(15)18)13(19)16-10-5-4-9(3)11(14)6-10/h4-6,8H,7H2,1-3H3,(H2,15,18)(H,16,19). The quantitative estimate of drug-likeness (QED) is 0.830. The van der Waals surface area contributed by atoms with E-state index in [4.69, 9.17) is 18.0 Å². The molecule has 0 saturated heterocycles. The SMILES string of the molecule is Cc1ccc(NC(=S)N(CC(N)=O)C(C)C)cc1F. The summed E-state index contributed by atoms with van der Waals surface area (Å²) in [6.45, 7) is 5.50. The Labute approximate surface area is 117 Å². The molecule has 4 nitrogen and oxygen atoms in total. The van der Waals surface area contributed by atoms with Gasteiger partial charge < -0.3 is 16.0 Å². The van der Waals surface area contributed by atoms with Crippen LogP contribution >= 0.6 is 12.2 Å². The van der Waals surface area contributed by atoms with Gasteiger partial charge in [0.05, 0.1) is 6.54 Å². The Morgan fingerprint density at radius 1 is 1.53 bits per heavy atom. The van der Waals surface area contributed by atoms with Crippen LogP contribution in [0.4, 0.5) is 10.1 Å². The number of benzene rings is 1. The van der Waals surface area contributed by atoms with Crippen molar-refractivity contribution in [2.24, 2.45) is 5.73 Å². The average molecular weight is 283 g/mol. The molecule has 0 atom stereocenters. The second-order valence-electron chi connectivity index (χ2n) is 4.58. The molecule has 0 unspecified atom stereocenters. The van der Waals surface area contributed by atoms with Crippen molar-refractivity contribution in [2.45, 2.75) is 26.8 Å². The molecule has 0 fully saturated rings. The smallest absolute Gasteiger partial charge is 0.237 e. The van der Waals surface area contributed by atoms with Crippen molar-refractivity contribution in [3.05, 3.63) is 29.6 Å². The van der Waals surface area contributed by atoms with Gasteiger partial charge in [-0.25, -0.2) is 4.39 Å². The molecule has 0 radical (unpaired) electrons. The molecule has 1 amide bonds. The molecule has 0 aliphatic carbocycles. The maximum Gasteiger partial charge on any atom is 0.237 e. The number of nitrogens with zero attached hydrogens (tertiary/aromatic N) is 1. The number of carbonyl (C=O) groups excluding carboxylic acids is 1. The summed E-state index contributed by atoms with van der Waals surface area (Å²) in [5.41, 5.74) is 6.29. The number of aryl methyl sites for hydroxylation is 1. The molecule has 1 rings (SSSR count). The molecule has 1 aromatic rings. The molecule has 0 heterocycles. The van der Waals surface area contributed by atoms with Crippen LogP contribution in [0.3, 0.4) is 0 Å². The lowest BCUT2D eigenvalue weighted by atomic mass is 10.2. The Morgan fingerprint density at radius 2 is 2.16 bits per heavy atom. The Morgan fingerprint density at radius 3 is 2.63 bits per heavy atom. The van der Waals surface area contributed by atoms with Gasteiger partial charge in [0.15, 0.2) is 5.11 Å². The minimum absolute atomic E-state index is 0.0165. The van der Waals surface area contributed by atoms with E-state index in [2.05, 4.69) is 5.32 Å². The molecular weight excluding hydrogens is 265 g/mol. The average Bonchev–Trinajstić information content (AvgIpc) is 2.30. The zero-order chi connectivity index (χ0) is 14.6. The predicted molar refractivity (Wildman–Crippen MR) is 78.4 cm³/mol. The predicted octanol–water partition coefficient (Wildman–Crippen LogP) is 2.03. The lowest BCUT2D eigenvalue weighted by molar-refractivity contribution is -0.118. The van der Waals surface area contributed by atoms with E-state index < -0.39 is 5.91 Å². The lowest BCUT2D eigenvalue weighted by Crippen LogP contribution is -2.44. The highest BCUT2D eigenvalue weighted by Crippen LogP contribution is 2.14. The van der Waals surface area contributed by atoms with Gasteiger partial charge in [0, 0.05) is 11.7 Å². The Bertz CT molecular complexity index is 491. The topological polar surface area (TPSA) is 58.4 Å². The zero-order valence-electron chi connectivity index (χ0n) is 11.2. The Hall–Kier alpha value is -1.69. The number of carbonyl (C=O) groups is 1. The van der Waals surface area contributed by atoms with E-state index in [1.807, 2.05) is 13.8 Å². The van der Waals surface area contributed by atoms with Crippen LogP contribution in [0.5, 0.6) is 0 Å². The third-order valence-electron chi connectivity index (χ3n) is 2.63. The molecular formula is C13H18FN3OS. The number of hydrogen-bond acceptors (Lipinski definition) is 2. The number of rotatable bonds is 4. The van der Waals surface area contributed by atoms with Gasteiger partial charge in [-0.15, -0.1) is 0 Å². The first kappa shape index (κ1) is 15.4. The molecule has 0 bridgehead atoms. The van der Waals surface area contributed by atoms with Gasteiger partial charge in [0.25, 0.3) is 0 Å². The second kappa shape index (κ2) is 6.47. The van der Waals surface area contributed by atoms with Crippen LogP contribution in [0.2, 0.25) is 0 Å². The number of nitrogens with two attached hydrogens (primary N) is 1. The first-order chi connectivity index (χ1) is 8.81. The van der Waals surface area contributed by atoms with Gasteiger partial charge >= 0.3 is 0 Å². The number of primary amides is 1. The lowest BCUT2D eigenvalue weighted by Gasteiger charge is -2.28. The second-order valence-corrected chi connectivity index (χ2v) is 4.97. The van der Waals surface area contributed by atoms with Crippen LogP contribution in [0.1, 0.15) is 19.4 Å². The molecule has 0 saturated carbocycles. The van der Waals surface area contributed by atoms with Gasteiger partial charge in [-0.2, -0.15) is 0 Å². The number of halogens is 1. The summed E-state index contributed by atoms with van der Waals surface area (Å²) < 4.78 is 13.4. The minimum Gasteiger partial charge on any atom is -0.368 e. The van der Waals surface area contributed by atoms with Crippen molar-refractivity contribution in [3.8, 4) is 0 Å². The Kier molecular flexibility index (Phi) is 5.23. The molecule has 6 heteroatoms. The van der Waals surface area contributed by atoms with Gasteiger partial charge in [0.2, 0.25) is 5.91 Å². The number of amides is 1. The molecule has 3 N–H and O–H groups in total. The summed E-state index contributed by atoms with van der Waals surface area (Å²) >= 11 is 5.21. The molecule has 19 heavy (non-hydrogen) atoms. The normalized spacial score (nSPS) is 10.4. The van der Waals surface area contributed by atoms with E-state index in [1.165, 1.54) is 6.07 Å². The maximum atomic E-state index is 13.4. The van der Waals surface area contributed by atoms with Crippen LogP contribution in [0.25, 0.3) is 0 Å². The van der Waals surface area contributed by atoms with Crippen molar-refractivity contribution >= 4 is 28.9 Å². The van der Waals surface area contributed by atoms with Crippen molar-refractivity contribution in [3.63, 3.8) is 0 Å². The van der Waals surface area contributed by atoms with Crippen LogP contribution in [0.15, 0.2) is 18.2 Å². The third-order valence-corrected chi connectivity index (χ3v) is 2.97. The van der Waals surface area contributed by atoms with Gasteiger partial charge in [-0.05, 0) is 50.7 Å². The number of nitrogens with one attached hydrogen (secondary N) is 1.